The summed E-state index contributed by atoms with van der Waals surface area (Å²) in [5, 5.41) is 20.7. The van der Waals surface area contributed by atoms with E-state index in [0.29, 0.717) is 11.3 Å². The minimum Gasteiger partial charge on any atom is -0.872 e. The summed E-state index contributed by atoms with van der Waals surface area (Å²) in [6.07, 6.45) is -0.00135. The number of carboxylic acid groups (broad SMARTS) is 1. The van der Waals surface area contributed by atoms with Gasteiger partial charge in [0.1, 0.15) is 5.75 Å². The molecule has 2 aromatic rings. The molecule has 7 heteroatoms. The van der Waals surface area contributed by atoms with Gasteiger partial charge in [0.05, 0.1) is 23.3 Å². The lowest BCUT2D eigenvalue weighted by Gasteiger charge is -2.18. The Morgan fingerprint density at radius 2 is 1.85 bits per heavy atom. The van der Waals surface area contributed by atoms with Crippen molar-refractivity contribution in [1.29, 1.82) is 0 Å². The number of aromatic carboxylic acids is 1. The molecule has 0 unspecified atom stereocenters. The van der Waals surface area contributed by atoms with Crippen LogP contribution in [0, 0.1) is 0 Å². The molecular weight excluding hydrogens is 350 g/mol. The first-order valence-corrected chi connectivity index (χ1v) is 8.45. The highest BCUT2D eigenvalue weighted by Gasteiger charge is 2.40. The lowest BCUT2D eigenvalue weighted by Crippen LogP contribution is -2.30. The summed E-state index contributed by atoms with van der Waals surface area (Å²) in [6, 6.07) is 10.3. The summed E-state index contributed by atoms with van der Waals surface area (Å²) >= 11 is 0. The number of amides is 2. The minimum absolute atomic E-state index is 0.0217. The fraction of sp³-hybridized carbons (Fsp3) is 0.250. The van der Waals surface area contributed by atoms with Crippen molar-refractivity contribution in [1.82, 2.24) is 0 Å². The molecule has 0 aromatic heterocycles. The Labute approximate surface area is 155 Å². The molecule has 140 valence electrons. The van der Waals surface area contributed by atoms with Gasteiger partial charge in [-0.15, -0.1) is 0 Å². The van der Waals surface area contributed by atoms with Crippen LogP contribution in [0.15, 0.2) is 42.5 Å². The number of carbonyl (C=O) groups is 3. The van der Waals surface area contributed by atoms with E-state index in [1.807, 2.05) is 13.8 Å². The molecule has 0 bridgehead atoms. The van der Waals surface area contributed by atoms with Gasteiger partial charge >= 0.3 is 5.97 Å². The average molecular weight is 368 g/mol. The molecule has 0 saturated carbocycles. The number of hydrogen-bond acceptors (Lipinski definition) is 5. The first-order chi connectivity index (χ1) is 12.8. The lowest BCUT2D eigenvalue weighted by molar-refractivity contribution is -0.268. The van der Waals surface area contributed by atoms with Crippen LogP contribution in [0.4, 0.5) is 5.69 Å². The van der Waals surface area contributed by atoms with Gasteiger partial charge in [0.2, 0.25) is 11.8 Å². The van der Waals surface area contributed by atoms with Crippen LogP contribution in [0.1, 0.15) is 42.1 Å². The van der Waals surface area contributed by atoms with Crippen molar-refractivity contribution in [2.45, 2.75) is 32.3 Å². The lowest BCUT2D eigenvalue weighted by atomic mass is 9.97. The second-order valence-electron chi connectivity index (χ2n) is 6.55. The van der Waals surface area contributed by atoms with Crippen LogP contribution in [0.3, 0.4) is 0 Å². The van der Waals surface area contributed by atoms with Crippen molar-refractivity contribution in [2.24, 2.45) is 0 Å². The number of imide groups is 1. The minimum atomic E-state index is -1.40. The maximum absolute atomic E-state index is 12.8. The molecule has 1 atom stereocenters. The SMILES string of the molecule is CC(C)Oc1ccc([C@@H]2CC(=O)N(c3ccc([O-])c(C(=O)O)c3)C2=O)cc1. The molecule has 1 saturated heterocycles. The number of carbonyl (C=O) groups excluding carboxylic acids is 2. The number of hydrogen-bond donors (Lipinski definition) is 1. The summed E-state index contributed by atoms with van der Waals surface area (Å²) in [5.41, 5.74) is 0.279. The molecule has 1 aliphatic rings. The van der Waals surface area contributed by atoms with Crippen LogP contribution in [-0.4, -0.2) is 29.0 Å². The predicted molar refractivity (Wildman–Crippen MR) is 94.9 cm³/mol. The Morgan fingerprint density at radius 3 is 2.44 bits per heavy atom. The summed E-state index contributed by atoms with van der Waals surface area (Å²) in [5.74, 6) is -2.97. The Balaban J connectivity index is 1.87. The molecule has 1 aliphatic heterocycles. The third kappa shape index (κ3) is 3.62. The molecule has 1 fully saturated rings. The first kappa shape index (κ1) is 18.4. The summed E-state index contributed by atoms with van der Waals surface area (Å²) in [4.78, 5) is 37.3. The molecule has 3 rings (SSSR count). The van der Waals surface area contributed by atoms with Crippen molar-refractivity contribution in [3.63, 3.8) is 0 Å². The second kappa shape index (κ2) is 7.11. The second-order valence-corrected chi connectivity index (χ2v) is 6.55. The van der Waals surface area contributed by atoms with E-state index in [1.54, 1.807) is 24.3 Å². The molecule has 2 aromatic carbocycles. The van der Waals surface area contributed by atoms with Gasteiger partial charge in [-0.2, -0.15) is 0 Å². The zero-order chi connectivity index (χ0) is 19.7. The molecular formula is C20H18NO6-. The molecule has 0 aliphatic carbocycles. The van der Waals surface area contributed by atoms with Gasteiger partial charge in [-0.25, -0.2) is 9.69 Å². The third-order valence-electron chi connectivity index (χ3n) is 4.25. The number of benzene rings is 2. The summed E-state index contributed by atoms with van der Waals surface area (Å²) in [6.45, 7) is 3.81. The van der Waals surface area contributed by atoms with Crippen LogP contribution < -0.4 is 14.7 Å². The monoisotopic (exact) mass is 368 g/mol. The molecule has 0 spiro atoms. The van der Waals surface area contributed by atoms with Crippen LogP contribution in [0.25, 0.3) is 0 Å². The van der Waals surface area contributed by atoms with E-state index in [4.69, 9.17) is 9.84 Å². The zero-order valence-corrected chi connectivity index (χ0v) is 14.8. The van der Waals surface area contributed by atoms with Crippen molar-refractivity contribution in [2.75, 3.05) is 4.90 Å². The van der Waals surface area contributed by atoms with Gasteiger partial charge in [-0.3, -0.25) is 9.59 Å². The van der Waals surface area contributed by atoms with E-state index in [2.05, 4.69) is 0 Å². The quantitative estimate of drug-likeness (QED) is 0.812. The van der Waals surface area contributed by atoms with Crippen LogP contribution >= 0.6 is 0 Å². The number of carboxylic acids is 1. The molecule has 1 heterocycles. The van der Waals surface area contributed by atoms with Crippen LogP contribution in [0.5, 0.6) is 11.5 Å². The van der Waals surface area contributed by atoms with E-state index in [1.165, 1.54) is 6.07 Å². The first-order valence-electron chi connectivity index (χ1n) is 8.45. The van der Waals surface area contributed by atoms with E-state index < -0.39 is 35.0 Å². The van der Waals surface area contributed by atoms with Gasteiger partial charge in [-0.05, 0) is 43.7 Å². The fourth-order valence-electron chi connectivity index (χ4n) is 3.04. The number of rotatable bonds is 5. The fourth-order valence-corrected chi connectivity index (χ4v) is 3.04. The average Bonchev–Trinajstić information content (AvgIpc) is 2.90. The smallest absolute Gasteiger partial charge is 0.335 e. The van der Waals surface area contributed by atoms with Crippen molar-refractivity contribution in [3.05, 3.63) is 53.6 Å². The normalized spacial score (nSPS) is 16.9. The Hall–Kier alpha value is -3.35. The topological polar surface area (TPSA) is 107 Å². The van der Waals surface area contributed by atoms with Crippen molar-refractivity contribution in [3.8, 4) is 11.5 Å². The highest BCUT2D eigenvalue weighted by atomic mass is 16.5. The summed E-state index contributed by atoms with van der Waals surface area (Å²) in [7, 11) is 0. The Kier molecular flexibility index (Phi) is 4.85. The van der Waals surface area contributed by atoms with E-state index in [9.17, 15) is 19.5 Å². The van der Waals surface area contributed by atoms with E-state index in [0.717, 1.165) is 17.0 Å². The zero-order valence-electron chi connectivity index (χ0n) is 14.8. The Morgan fingerprint density at radius 1 is 1.19 bits per heavy atom. The van der Waals surface area contributed by atoms with Gasteiger partial charge in [0, 0.05) is 6.42 Å². The van der Waals surface area contributed by atoms with Gasteiger partial charge < -0.3 is 14.9 Å². The standard InChI is InChI=1S/C20H19NO6/c1-11(2)27-14-6-3-12(4-7-14)15-10-18(23)21(19(15)24)13-5-8-17(22)16(9-13)20(25)26/h3-9,11,15,22H,10H2,1-2H3,(H,25,26)/p-1/t15-/m0/s1. The van der Waals surface area contributed by atoms with Crippen LogP contribution in [0.2, 0.25) is 0 Å². The molecule has 1 N–H and O–H groups in total. The van der Waals surface area contributed by atoms with Gasteiger partial charge in [0.25, 0.3) is 0 Å². The Bertz CT molecular complexity index is 903. The van der Waals surface area contributed by atoms with Gasteiger partial charge in [-0.1, -0.05) is 23.9 Å². The maximum atomic E-state index is 12.8. The third-order valence-corrected chi connectivity index (χ3v) is 4.25. The van der Waals surface area contributed by atoms with Crippen LogP contribution in [-0.2, 0) is 9.59 Å². The highest BCUT2D eigenvalue weighted by Crippen LogP contribution is 2.35. The van der Waals surface area contributed by atoms with E-state index >= 15 is 0 Å². The van der Waals surface area contributed by atoms with Gasteiger partial charge in [0.15, 0.2) is 0 Å². The number of ether oxygens (including phenoxy) is 1. The molecule has 27 heavy (non-hydrogen) atoms. The van der Waals surface area contributed by atoms with E-state index in [-0.39, 0.29) is 18.2 Å². The van der Waals surface area contributed by atoms with Crippen molar-refractivity contribution >= 4 is 23.5 Å². The largest absolute Gasteiger partial charge is 0.872 e. The number of anilines is 1. The molecule has 2 amide bonds. The highest BCUT2D eigenvalue weighted by molar-refractivity contribution is 6.23. The molecule has 7 nitrogen and oxygen atoms in total. The predicted octanol–water partition coefficient (Wildman–Crippen LogP) is 2.29. The maximum Gasteiger partial charge on any atom is 0.335 e. The number of nitrogens with zero attached hydrogens (tertiary/aromatic N) is 1. The molecule has 0 radical (unpaired) electrons. The van der Waals surface area contributed by atoms with Crippen molar-refractivity contribution < 1.29 is 29.3 Å². The summed E-state index contributed by atoms with van der Waals surface area (Å²) < 4.78 is 5.57.